The van der Waals surface area contributed by atoms with Crippen LogP contribution >= 0.6 is 27.7 Å². The first-order chi connectivity index (χ1) is 7.59. The second kappa shape index (κ2) is 4.58. The Bertz CT molecular complexity index is 504. The first-order valence-electron chi connectivity index (χ1n) is 4.74. The van der Waals surface area contributed by atoms with Gasteiger partial charge in [-0.25, -0.2) is 9.67 Å². The third kappa shape index (κ3) is 2.15. The van der Waals surface area contributed by atoms with Crippen LogP contribution in [0, 0.1) is 6.92 Å². The number of hydrogen-bond donors (Lipinski definition) is 0. The van der Waals surface area contributed by atoms with E-state index in [2.05, 4.69) is 31.1 Å². The van der Waals surface area contributed by atoms with Crippen molar-refractivity contribution in [2.75, 3.05) is 0 Å². The predicted molar refractivity (Wildman–Crippen MR) is 66.2 cm³/mol. The summed E-state index contributed by atoms with van der Waals surface area (Å²) in [5.41, 5.74) is 2.17. The second-order valence-corrected chi connectivity index (χ2v) is 5.16. The Morgan fingerprint density at radius 3 is 2.62 bits per heavy atom. The quantitative estimate of drug-likeness (QED) is 0.813. The summed E-state index contributed by atoms with van der Waals surface area (Å²) in [6, 6.07) is 0. The fourth-order valence-electron chi connectivity index (χ4n) is 1.39. The van der Waals surface area contributed by atoms with E-state index in [0.29, 0.717) is 0 Å². The van der Waals surface area contributed by atoms with Gasteiger partial charge in [0.1, 0.15) is 6.33 Å². The summed E-state index contributed by atoms with van der Waals surface area (Å²) in [4.78, 5) is 4.17. The highest BCUT2D eigenvalue weighted by Crippen LogP contribution is 2.26. The Labute approximate surface area is 106 Å². The van der Waals surface area contributed by atoms with Crippen molar-refractivity contribution in [1.82, 2.24) is 24.5 Å². The molecular weight excluding hydrogens is 290 g/mol. The van der Waals surface area contributed by atoms with Crippen LogP contribution in [0.15, 0.2) is 16.0 Å². The molecule has 2 aromatic heterocycles. The highest BCUT2D eigenvalue weighted by atomic mass is 79.9. The topological polar surface area (TPSA) is 48.5 Å². The number of hydrogen-bond acceptors (Lipinski definition) is 4. The van der Waals surface area contributed by atoms with E-state index in [4.69, 9.17) is 0 Å². The third-order valence-corrected chi connectivity index (χ3v) is 4.35. The average Bonchev–Trinajstić information content (AvgIpc) is 2.72. The summed E-state index contributed by atoms with van der Waals surface area (Å²) < 4.78 is 4.73. The van der Waals surface area contributed by atoms with Gasteiger partial charge in [-0.1, -0.05) is 11.8 Å². The van der Waals surface area contributed by atoms with Gasteiger partial charge < -0.3 is 0 Å². The SMILES string of the molecule is Cc1nn(C)c(CSc2ncnn2C)c1Br. The van der Waals surface area contributed by atoms with Crippen molar-refractivity contribution >= 4 is 27.7 Å². The van der Waals surface area contributed by atoms with Gasteiger partial charge in [0.2, 0.25) is 0 Å². The van der Waals surface area contributed by atoms with Crippen molar-refractivity contribution in [3.8, 4) is 0 Å². The molecule has 0 aliphatic rings. The molecule has 86 valence electrons. The molecule has 0 atom stereocenters. The fourth-order valence-corrected chi connectivity index (χ4v) is 3.00. The van der Waals surface area contributed by atoms with Crippen LogP contribution in [0.25, 0.3) is 0 Å². The molecule has 0 aromatic carbocycles. The lowest BCUT2D eigenvalue weighted by Crippen LogP contribution is -1.98. The molecule has 2 aromatic rings. The maximum absolute atomic E-state index is 4.35. The lowest BCUT2D eigenvalue weighted by Gasteiger charge is -2.02. The van der Waals surface area contributed by atoms with Crippen LogP contribution in [-0.2, 0) is 19.8 Å². The van der Waals surface area contributed by atoms with Crippen molar-refractivity contribution in [2.45, 2.75) is 17.8 Å². The highest BCUT2D eigenvalue weighted by molar-refractivity contribution is 9.10. The monoisotopic (exact) mass is 301 g/mol. The summed E-state index contributed by atoms with van der Waals surface area (Å²) in [6.07, 6.45) is 1.56. The lowest BCUT2D eigenvalue weighted by molar-refractivity contribution is 0.683. The smallest absolute Gasteiger partial charge is 0.186 e. The molecule has 2 heterocycles. The predicted octanol–water partition coefficient (Wildman–Crippen LogP) is 1.91. The molecule has 0 amide bonds. The largest absolute Gasteiger partial charge is 0.270 e. The molecule has 5 nitrogen and oxygen atoms in total. The van der Waals surface area contributed by atoms with Crippen LogP contribution in [-0.4, -0.2) is 24.5 Å². The molecular formula is C9H12BrN5S. The molecule has 0 aliphatic carbocycles. The minimum absolute atomic E-state index is 0.824. The first-order valence-corrected chi connectivity index (χ1v) is 6.52. The van der Waals surface area contributed by atoms with Gasteiger partial charge in [0.15, 0.2) is 5.16 Å². The molecule has 0 saturated carbocycles. The molecule has 0 fully saturated rings. The fraction of sp³-hybridized carbons (Fsp3) is 0.444. The van der Waals surface area contributed by atoms with Gasteiger partial charge in [0.25, 0.3) is 0 Å². The van der Waals surface area contributed by atoms with Crippen LogP contribution in [0.3, 0.4) is 0 Å². The van der Waals surface area contributed by atoms with Gasteiger partial charge in [0, 0.05) is 19.8 Å². The lowest BCUT2D eigenvalue weighted by atomic mass is 10.4. The summed E-state index contributed by atoms with van der Waals surface area (Å²) in [5, 5.41) is 9.28. The van der Waals surface area contributed by atoms with Gasteiger partial charge in [0.05, 0.1) is 15.9 Å². The maximum atomic E-state index is 4.35. The molecule has 2 rings (SSSR count). The van der Waals surface area contributed by atoms with Gasteiger partial charge >= 0.3 is 0 Å². The Morgan fingerprint density at radius 1 is 1.38 bits per heavy atom. The van der Waals surface area contributed by atoms with E-state index >= 15 is 0 Å². The Kier molecular flexibility index (Phi) is 3.34. The Morgan fingerprint density at radius 2 is 2.12 bits per heavy atom. The van der Waals surface area contributed by atoms with Crippen LogP contribution in [0.5, 0.6) is 0 Å². The molecule has 0 aliphatic heterocycles. The standard InChI is InChI=1S/C9H12BrN5S/c1-6-8(10)7(14(2)13-6)4-16-9-11-5-12-15(9)3/h5H,4H2,1-3H3. The number of thioether (sulfide) groups is 1. The van der Waals surface area contributed by atoms with Crippen molar-refractivity contribution in [3.63, 3.8) is 0 Å². The molecule has 0 spiro atoms. The summed E-state index contributed by atoms with van der Waals surface area (Å²) >= 11 is 5.19. The minimum atomic E-state index is 0.824. The molecule has 0 saturated heterocycles. The summed E-state index contributed by atoms with van der Waals surface area (Å²) in [5.74, 6) is 0.824. The highest BCUT2D eigenvalue weighted by Gasteiger charge is 2.12. The van der Waals surface area contributed by atoms with E-state index in [1.165, 1.54) is 0 Å². The molecule has 0 N–H and O–H groups in total. The van der Waals surface area contributed by atoms with E-state index in [0.717, 1.165) is 26.8 Å². The zero-order valence-electron chi connectivity index (χ0n) is 9.31. The number of rotatable bonds is 3. The van der Waals surface area contributed by atoms with Crippen molar-refractivity contribution in [1.29, 1.82) is 0 Å². The van der Waals surface area contributed by atoms with Gasteiger partial charge in [-0.3, -0.25) is 4.68 Å². The van der Waals surface area contributed by atoms with Crippen molar-refractivity contribution < 1.29 is 0 Å². The Hall–Kier alpha value is -0.820. The molecule has 7 heteroatoms. The van der Waals surface area contributed by atoms with E-state index in [9.17, 15) is 0 Å². The number of aromatic nitrogens is 5. The van der Waals surface area contributed by atoms with E-state index < -0.39 is 0 Å². The van der Waals surface area contributed by atoms with E-state index in [1.807, 2.05) is 25.7 Å². The third-order valence-electron chi connectivity index (χ3n) is 2.27. The number of aryl methyl sites for hydroxylation is 3. The maximum Gasteiger partial charge on any atom is 0.186 e. The zero-order valence-corrected chi connectivity index (χ0v) is 11.7. The first kappa shape index (κ1) is 11.7. The van der Waals surface area contributed by atoms with Gasteiger partial charge in [-0.2, -0.15) is 10.2 Å². The average molecular weight is 302 g/mol. The van der Waals surface area contributed by atoms with E-state index in [1.54, 1.807) is 22.8 Å². The van der Waals surface area contributed by atoms with Crippen LogP contribution in [0.4, 0.5) is 0 Å². The Balaban J connectivity index is 2.13. The van der Waals surface area contributed by atoms with Gasteiger partial charge in [-0.15, -0.1) is 0 Å². The number of nitrogens with zero attached hydrogens (tertiary/aromatic N) is 5. The molecule has 16 heavy (non-hydrogen) atoms. The normalized spacial score (nSPS) is 11.0. The van der Waals surface area contributed by atoms with Crippen molar-refractivity contribution in [3.05, 3.63) is 22.2 Å². The van der Waals surface area contributed by atoms with E-state index in [-0.39, 0.29) is 0 Å². The molecule has 0 bridgehead atoms. The zero-order chi connectivity index (χ0) is 11.7. The molecule has 0 radical (unpaired) electrons. The van der Waals surface area contributed by atoms with Gasteiger partial charge in [-0.05, 0) is 22.9 Å². The minimum Gasteiger partial charge on any atom is -0.270 e. The summed E-state index contributed by atoms with van der Waals surface area (Å²) in [6.45, 7) is 1.99. The molecule has 0 unspecified atom stereocenters. The van der Waals surface area contributed by atoms with Crippen LogP contribution < -0.4 is 0 Å². The van der Waals surface area contributed by atoms with Crippen LogP contribution in [0.2, 0.25) is 0 Å². The van der Waals surface area contributed by atoms with Crippen molar-refractivity contribution in [2.24, 2.45) is 14.1 Å². The number of halogens is 1. The second-order valence-electron chi connectivity index (χ2n) is 3.42. The summed E-state index contributed by atoms with van der Waals surface area (Å²) in [7, 11) is 3.84. The van der Waals surface area contributed by atoms with Crippen LogP contribution in [0.1, 0.15) is 11.4 Å².